The van der Waals surface area contributed by atoms with Gasteiger partial charge in [-0.25, -0.2) is 4.79 Å². The number of esters is 1. The van der Waals surface area contributed by atoms with Crippen LogP contribution in [0.15, 0.2) is 23.3 Å². The molecule has 0 aliphatic carbocycles. The van der Waals surface area contributed by atoms with Crippen LogP contribution in [0.1, 0.15) is 27.7 Å². The van der Waals surface area contributed by atoms with Crippen LogP contribution in [0.5, 0.6) is 0 Å². The van der Waals surface area contributed by atoms with Crippen LogP contribution in [0.3, 0.4) is 0 Å². The predicted molar refractivity (Wildman–Crippen MR) is 105 cm³/mol. The predicted octanol–water partition coefficient (Wildman–Crippen LogP) is 2.86. The van der Waals surface area contributed by atoms with Gasteiger partial charge in [0.05, 0.1) is 18.6 Å². The molecule has 1 N–H and O–H groups in total. The topological polar surface area (TPSA) is 76.1 Å². The number of fused-ring (bicyclic) bond motifs is 1. The minimum absolute atomic E-state index is 0.0464. The van der Waals surface area contributed by atoms with Crippen molar-refractivity contribution in [1.29, 1.82) is 0 Å². The summed E-state index contributed by atoms with van der Waals surface area (Å²) in [4.78, 5) is 27.0. The maximum Gasteiger partial charge on any atom is 0.356 e. The van der Waals surface area contributed by atoms with E-state index in [1.807, 2.05) is 6.92 Å². The quantitative estimate of drug-likeness (QED) is 0.307. The van der Waals surface area contributed by atoms with E-state index in [2.05, 4.69) is 40.4 Å². The van der Waals surface area contributed by atoms with E-state index >= 15 is 0 Å². The van der Waals surface area contributed by atoms with Gasteiger partial charge in [-0.2, -0.15) is 0 Å². The molecule has 0 aromatic carbocycles. The first-order valence-electron chi connectivity index (χ1n) is 8.76. The molecular weight excluding hydrogens is 370 g/mol. The summed E-state index contributed by atoms with van der Waals surface area (Å²) in [6.45, 7) is 16.0. The summed E-state index contributed by atoms with van der Waals surface area (Å²) in [5.41, 5.74) is 0.158. The van der Waals surface area contributed by atoms with E-state index in [1.54, 1.807) is 0 Å². The van der Waals surface area contributed by atoms with Crippen molar-refractivity contribution in [3.8, 4) is 0 Å². The highest BCUT2D eigenvalue weighted by atomic mass is 32.2. The zero-order chi connectivity index (χ0) is 19.9. The number of amides is 1. The van der Waals surface area contributed by atoms with Gasteiger partial charge in [0.25, 0.3) is 0 Å². The first-order valence-corrected chi connectivity index (χ1v) is 12.5. The molecule has 0 spiro atoms. The Kier molecular flexibility index (Phi) is 6.12. The number of carbonyl (C=O) groups is 2. The van der Waals surface area contributed by atoms with E-state index in [0.717, 1.165) is 0 Å². The summed E-state index contributed by atoms with van der Waals surface area (Å²) in [5, 5.41) is 9.43. The summed E-state index contributed by atoms with van der Waals surface area (Å²) in [5.74, 6) is -1.09. The van der Waals surface area contributed by atoms with Crippen molar-refractivity contribution in [3.63, 3.8) is 0 Å². The molecule has 0 saturated carbocycles. The average Bonchev–Trinajstić information content (AvgIpc) is 2.85. The van der Waals surface area contributed by atoms with E-state index < -0.39 is 14.3 Å². The Morgan fingerprint density at radius 1 is 1.46 bits per heavy atom. The standard InChI is InChI=1S/C18H29NO5SSi/c1-8-9-23-17(22)14-12(10-20)25-16-13(15(21)19(14)16)11(2)24-26(6,7)18(3,4)5/h8,11,13,16,20H,1,9-10H2,2-7H3. The molecule has 0 bridgehead atoms. The number of ether oxygens (including phenoxy) is 1. The SMILES string of the molecule is C=CCOC(=O)C1=C(CO)SC2C(C(C)O[Si](C)(C)C(C)(C)C)C(=O)N12. The molecule has 6 nitrogen and oxygen atoms in total. The first kappa shape index (κ1) is 21.2. The second-order valence-electron chi connectivity index (χ2n) is 8.14. The zero-order valence-corrected chi connectivity index (χ0v) is 18.2. The van der Waals surface area contributed by atoms with Crippen LogP contribution in [-0.2, 0) is 18.8 Å². The second-order valence-corrected chi connectivity index (χ2v) is 14.1. The van der Waals surface area contributed by atoms with Crippen LogP contribution in [0.2, 0.25) is 18.1 Å². The second kappa shape index (κ2) is 7.50. The van der Waals surface area contributed by atoms with Gasteiger partial charge in [0.2, 0.25) is 5.91 Å². The lowest BCUT2D eigenvalue weighted by Crippen LogP contribution is -2.62. The highest BCUT2D eigenvalue weighted by Gasteiger charge is 2.59. The van der Waals surface area contributed by atoms with Gasteiger partial charge in [0.15, 0.2) is 8.32 Å². The van der Waals surface area contributed by atoms with Crippen molar-refractivity contribution in [3.05, 3.63) is 23.3 Å². The van der Waals surface area contributed by atoms with Gasteiger partial charge in [-0.05, 0) is 25.1 Å². The number of carbonyl (C=O) groups excluding carboxylic acids is 2. The number of aliphatic hydroxyl groups is 1. The molecular formula is C18H29NO5SSi. The number of β-lactam (4-membered cyclic amide) rings is 1. The van der Waals surface area contributed by atoms with Crippen molar-refractivity contribution in [2.45, 2.75) is 57.3 Å². The summed E-state index contributed by atoms with van der Waals surface area (Å²) in [6, 6.07) is 0. The van der Waals surface area contributed by atoms with Crippen molar-refractivity contribution in [2.75, 3.05) is 13.2 Å². The Morgan fingerprint density at radius 2 is 2.08 bits per heavy atom. The summed E-state index contributed by atoms with van der Waals surface area (Å²) in [7, 11) is -2.01. The molecule has 2 aliphatic rings. The van der Waals surface area contributed by atoms with Gasteiger partial charge in [-0.1, -0.05) is 45.2 Å². The lowest BCUT2D eigenvalue weighted by Gasteiger charge is -2.48. The van der Waals surface area contributed by atoms with E-state index in [9.17, 15) is 14.7 Å². The molecule has 1 amide bonds. The normalized spacial score (nSPS) is 24.3. The molecule has 2 heterocycles. The number of thioether (sulfide) groups is 1. The average molecular weight is 400 g/mol. The minimum Gasteiger partial charge on any atom is -0.457 e. The van der Waals surface area contributed by atoms with Crippen molar-refractivity contribution in [2.24, 2.45) is 5.92 Å². The number of nitrogens with zero attached hydrogens (tertiary/aromatic N) is 1. The van der Waals surface area contributed by atoms with Gasteiger partial charge in [0.1, 0.15) is 17.7 Å². The third-order valence-corrected chi connectivity index (χ3v) is 11.2. The molecule has 3 atom stereocenters. The van der Waals surface area contributed by atoms with Crippen LogP contribution in [0.4, 0.5) is 0 Å². The highest BCUT2D eigenvalue weighted by Crippen LogP contribution is 2.51. The lowest BCUT2D eigenvalue weighted by molar-refractivity contribution is -0.157. The molecule has 146 valence electrons. The largest absolute Gasteiger partial charge is 0.457 e. The van der Waals surface area contributed by atoms with Crippen molar-refractivity contribution < 1.29 is 23.9 Å². The maximum absolute atomic E-state index is 12.8. The Hall–Kier alpha value is -1.09. The van der Waals surface area contributed by atoms with Gasteiger partial charge in [0, 0.05) is 4.91 Å². The molecule has 3 unspecified atom stereocenters. The zero-order valence-electron chi connectivity index (χ0n) is 16.4. The summed E-state index contributed by atoms with van der Waals surface area (Å²) in [6.07, 6.45) is 1.22. The smallest absolute Gasteiger partial charge is 0.356 e. The molecule has 2 rings (SSSR count). The molecule has 26 heavy (non-hydrogen) atoms. The first-order chi connectivity index (χ1) is 12.0. The fourth-order valence-corrected chi connectivity index (χ4v) is 5.75. The molecule has 0 radical (unpaired) electrons. The Labute approximate surface area is 160 Å². The van der Waals surface area contributed by atoms with Gasteiger partial charge in [-0.15, -0.1) is 0 Å². The van der Waals surface area contributed by atoms with E-state index in [-0.39, 0.29) is 47.3 Å². The number of hydrogen-bond donors (Lipinski definition) is 1. The summed E-state index contributed by atoms with van der Waals surface area (Å²) < 4.78 is 11.5. The van der Waals surface area contributed by atoms with Gasteiger partial charge < -0.3 is 14.3 Å². The van der Waals surface area contributed by atoms with Crippen LogP contribution < -0.4 is 0 Å². The fourth-order valence-electron chi connectivity index (χ4n) is 2.86. The van der Waals surface area contributed by atoms with Gasteiger partial charge in [-0.3, -0.25) is 9.69 Å². The molecule has 1 saturated heterocycles. The van der Waals surface area contributed by atoms with Gasteiger partial charge >= 0.3 is 5.97 Å². The maximum atomic E-state index is 12.8. The Morgan fingerprint density at radius 3 is 2.58 bits per heavy atom. The molecule has 0 aromatic heterocycles. The minimum atomic E-state index is -2.01. The number of aliphatic hydroxyl groups excluding tert-OH is 1. The Balaban J connectivity index is 2.14. The lowest BCUT2D eigenvalue weighted by atomic mass is 9.92. The van der Waals surface area contributed by atoms with Crippen LogP contribution in [-0.4, -0.2) is 54.9 Å². The van der Waals surface area contributed by atoms with Crippen molar-refractivity contribution >= 4 is 32.0 Å². The molecule has 8 heteroatoms. The fraction of sp³-hybridized carbons (Fsp3) is 0.667. The monoisotopic (exact) mass is 399 g/mol. The third-order valence-electron chi connectivity index (χ3n) is 5.31. The number of hydrogen-bond acceptors (Lipinski definition) is 6. The van der Waals surface area contributed by atoms with E-state index in [4.69, 9.17) is 9.16 Å². The Bertz CT molecular complexity index is 640. The van der Waals surface area contributed by atoms with E-state index in [0.29, 0.717) is 4.91 Å². The summed E-state index contributed by atoms with van der Waals surface area (Å²) >= 11 is 1.35. The molecule has 0 aromatic rings. The van der Waals surface area contributed by atoms with Crippen LogP contribution in [0.25, 0.3) is 0 Å². The highest BCUT2D eigenvalue weighted by molar-refractivity contribution is 8.04. The molecule has 2 aliphatic heterocycles. The van der Waals surface area contributed by atoms with Crippen molar-refractivity contribution in [1.82, 2.24) is 4.90 Å². The number of rotatable bonds is 7. The van der Waals surface area contributed by atoms with Crippen LogP contribution in [0, 0.1) is 5.92 Å². The van der Waals surface area contributed by atoms with E-state index in [1.165, 1.54) is 22.7 Å². The molecule has 1 fully saturated rings. The third kappa shape index (κ3) is 3.65. The van der Waals surface area contributed by atoms with Crippen LogP contribution >= 0.6 is 11.8 Å².